The fraction of sp³-hybridized carbons (Fsp3) is 0.514. The minimum absolute atomic E-state index is 0.0210. The van der Waals surface area contributed by atoms with Crippen LogP contribution < -0.4 is 16.2 Å². The number of hydrogen-bond donors (Lipinski definition) is 3. The maximum Gasteiger partial charge on any atom is 0.407 e. The first-order valence-corrected chi connectivity index (χ1v) is 16.3. The van der Waals surface area contributed by atoms with E-state index in [9.17, 15) is 24.3 Å². The maximum absolute atomic E-state index is 15.2. The van der Waals surface area contributed by atoms with E-state index < -0.39 is 23.3 Å². The Bertz CT molecular complexity index is 1880. The Hall–Kier alpha value is -4.32. The van der Waals surface area contributed by atoms with E-state index in [0.29, 0.717) is 61.1 Å². The van der Waals surface area contributed by atoms with Gasteiger partial charge in [0.25, 0.3) is 5.56 Å². The fourth-order valence-corrected chi connectivity index (χ4v) is 7.06. The molecule has 0 bridgehead atoms. The molecular formula is C35H41FN4O7. The lowest BCUT2D eigenvalue weighted by atomic mass is 9.81. The van der Waals surface area contributed by atoms with E-state index in [-0.39, 0.29) is 54.0 Å². The second-order valence-electron chi connectivity index (χ2n) is 13.7. The molecule has 2 aliphatic heterocycles. The molecule has 1 aromatic carbocycles. The number of rotatable bonds is 8. The Balaban J connectivity index is 1.28. The number of unbranched alkanes of at least 4 members (excludes halogenated alkanes) is 2. The monoisotopic (exact) mass is 648 g/mol. The average Bonchev–Trinajstić information content (AvgIpc) is 3.38. The lowest BCUT2D eigenvalue weighted by Gasteiger charge is -2.31. The van der Waals surface area contributed by atoms with Gasteiger partial charge in [-0.05, 0) is 82.6 Å². The smallest absolute Gasteiger partial charge is 0.407 e. The summed E-state index contributed by atoms with van der Waals surface area (Å²) < 4.78 is 27.2. The zero-order valence-corrected chi connectivity index (χ0v) is 27.5. The van der Waals surface area contributed by atoms with E-state index in [1.165, 1.54) is 6.07 Å². The molecule has 1 aliphatic carbocycles. The number of hydrogen-bond acceptors (Lipinski definition) is 8. The minimum Gasteiger partial charge on any atom is -0.458 e. The molecule has 3 aromatic rings. The number of carbonyl (C=O) groups is 3. The predicted octanol–water partition coefficient (Wildman–Crippen LogP) is 4.72. The molecule has 3 N–H and O–H groups in total. The standard InChI is InChI=1S/C35H41FN4O7/c1-6-35(45)22-14-26-30-20(16-40(26)31(42)21(22)17-46-32(35)43)29-24(12-11-19-18(2)23(36)15-25(39-30)28(19)29)38-27(41)10-8-7-9-13-37-33(44)47-34(3,4)5/h14-15,24,45H,6-13,16-17H2,1-5H3,(H,37,44)(H,38,41)/t24-,35-/m0/s1. The molecule has 47 heavy (non-hydrogen) atoms. The van der Waals surface area contributed by atoms with Crippen molar-refractivity contribution in [3.05, 3.63) is 61.7 Å². The number of carbonyl (C=O) groups excluding carboxylic acids is 3. The number of fused-ring (bicyclic) bond motifs is 5. The molecule has 0 fully saturated rings. The van der Waals surface area contributed by atoms with Crippen LogP contribution in [-0.4, -0.2) is 44.8 Å². The van der Waals surface area contributed by atoms with Crippen molar-refractivity contribution in [1.29, 1.82) is 0 Å². The van der Waals surface area contributed by atoms with Crippen LogP contribution in [0.1, 0.15) is 106 Å². The number of esters is 1. The van der Waals surface area contributed by atoms with E-state index >= 15 is 4.39 Å². The highest BCUT2D eigenvalue weighted by atomic mass is 19.1. The Morgan fingerprint density at radius 2 is 1.94 bits per heavy atom. The van der Waals surface area contributed by atoms with E-state index in [0.717, 1.165) is 28.5 Å². The molecule has 2 aromatic heterocycles. The largest absolute Gasteiger partial charge is 0.458 e. The summed E-state index contributed by atoms with van der Waals surface area (Å²) in [6.45, 7) is 9.19. The number of aryl methyl sites for hydroxylation is 1. The van der Waals surface area contributed by atoms with Crippen molar-refractivity contribution < 1.29 is 33.4 Å². The van der Waals surface area contributed by atoms with Gasteiger partial charge in [-0.25, -0.2) is 19.0 Å². The number of pyridine rings is 2. The Labute approximate surface area is 271 Å². The van der Waals surface area contributed by atoms with E-state index in [4.69, 9.17) is 14.5 Å². The van der Waals surface area contributed by atoms with Gasteiger partial charge in [0, 0.05) is 35.5 Å². The summed E-state index contributed by atoms with van der Waals surface area (Å²) >= 11 is 0. The molecule has 0 radical (unpaired) electrons. The van der Waals surface area contributed by atoms with Crippen LogP contribution in [0.4, 0.5) is 9.18 Å². The summed E-state index contributed by atoms with van der Waals surface area (Å²) in [7, 11) is 0. The average molecular weight is 649 g/mol. The summed E-state index contributed by atoms with van der Waals surface area (Å²) in [4.78, 5) is 56.3. The Morgan fingerprint density at radius 1 is 1.17 bits per heavy atom. The topological polar surface area (TPSA) is 149 Å². The number of amides is 2. The number of cyclic esters (lactones) is 1. The molecule has 2 atom stereocenters. The van der Waals surface area contributed by atoms with Crippen LogP contribution in [0.3, 0.4) is 0 Å². The normalized spacial score (nSPS) is 19.5. The molecule has 6 rings (SSSR count). The molecule has 3 aliphatic rings. The first kappa shape index (κ1) is 32.6. The molecular weight excluding hydrogens is 607 g/mol. The number of benzene rings is 1. The molecule has 0 spiro atoms. The van der Waals surface area contributed by atoms with Crippen molar-refractivity contribution in [2.45, 2.75) is 110 Å². The van der Waals surface area contributed by atoms with Gasteiger partial charge < -0.3 is 29.8 Å². The summed E-state index contributed by atoms with van der Waals surface area (Å²) in [6.07, 6.45) is 3.03. The third-order valence-electron chi connectivity index (χ3n) is 9.46. The third-order valence-corrected chi connectivity index (χ3v) is 9.46. The molecule has 0 saturated carbocycles. The van der Waals surface area contributed by atoms with Crippen LogP contribution >= 0.6 is 0 Å². The lowest BCUT2D eigenvalue weighted by molar-refractivity contribution is -0.172. The molecule has 12 heteroatoms. The number of alkyl carbamates (subject to hydrolysis) is 1. The molecule has 250 valence electrons. The predicted molar refractivity (Wildman–Crippen MR) is 171 cm³/mol. The van der Waals surface area contributed by atoms with E-state index in [2.05, 4.69) is 10.6 Å². The summed E-state index contributed by atoms with van der Waals surface area (Å²) in [6, 6.07) is 2.65. The van der Waals surface area contributed by atoms with E-state index in [1.54, 1.807) is 45.3 Å². The number of halogens is 1. The Kier molecular flexibility index (Phi) is 8.36. The van der Waals surface area contributed by atoms with Crippen LogP contribution in [0.2, 0.25) is 0 Å². The summed E-state index contributed by atoms with van der Waals surface area (Å²) in [5, 5.41) is 18.0. The van der Waals surface area contributed by atoms with Crippen LogP contribution in [0.5, 0.6) is 0 Å². The van der Waals surface area contributed by atoms with Gasteiger partial charge >= 0.3 is 12.1 Å². The maximum atomic E-state index is 15.2. The number of nitrogens with one attached hydrogen (secondary N) is 2. The van der Waals surface area contributed by atoms with Gasteiger partial charge in [-0.15, -0.1) is 0 Å². The number of nitrogens with zero attached hydrogens (tertiary/aromatic N) is 2. The van der Waals surface area contributed by atoms with Crippen LogP contribution in [0.15, 0.2) is 16.9 Å². The SMILES string of the molecule is CC[C@@]1(O)C(=O)OCc2c1cc1n(c2=O)Cc2c-1nc1cc(F)c(C)c3c1c2[C@@H](NC(=O)CCCCCNC(=O)OC(C)(C)C)CC3. The second-order valence-corrected chi connectivity index (χ2v) is 13.7. The van der Waals surface area contributed by atoms with Gasteiger partial charge in [0.1, 0.15) is 18.0 Å². The van der Waals surface area contributed by atoms with Crippen LogP contribution in [-0.2, 0) is 44.2 Å². The molecule has 0 saturated heterocycles. The molecule has 0 unspecified atom stereocenters. The molecule has 4 heterocycles. The van der Waals surface area contributed by atoms with Crippen molar-refractivity contribution in [2.75, 3.05) is 6.54 Å². The van der Waals surface area contributed by atoms with Gasteiger partial charge in [0.05, 0.1) is 35.1 Å². The third kappa shape index (κ3) is 5.77. The molecule has 2 amide bonds. The van der Waals surface area contributed by atoms with Gasteiger partial charge in [-0.2, -0.15) is 0 Å². The van der Waals surface area contributed by atoms with Gasteiger partial charge in [-0.3, -0.25) is 9.59 Å². The van der Waals surface area contributed by atoms with Crippen molar-refractivity contribution >= 4 is 28.9 Å². The van der Waals surface area contributed by atoms with Gasteiger partial charge in [0.15, 0.2) is 5.60 Å². The van der Waals surface area contributed by atoms with E-state index in [1.807, 2.05) is 0 Å². The highest BCUT2D eigenvalue weighted by molar-refractivity contribution is 5.94. The van der Waals surface area contributed by atoms with Crippen molar-refractivity contribution in [2.24, 2.45) is 0 Å². The van der Waals surface area contributed by atoms with Crippen LogP contribution in [0, 0.1) is 12.7 Å². The zero-order chi connectivity index (χ0) is 33.8. The number of ether oxygens (including phenoxy) is 2. The summed E-state index contributed by atoms with van der Waals surface area (Å²) in [5.41, 5.74) is 1.81. The fourth-order valence-electron chi connectivity index (χ4n) is 7.06. The highest BCUT2D eigenvalue weighted by Gasteiger charge is 2.46. The van der Waals surface area contributed by atoms with Crippen molar-refractivity contribution in [1.82, 2.24) is 20.2 Å². The first-order valence-electron chi connectivity index (χ1n) is 16.3. The second kappa shape index (κ2) is 12.0. The first-order chi connectivity index (χ1) is 22.2. The highest BCUT2D eigenvalue weighted by Crippen LogP contribution is 2.46. The Morgan fingerprint density at radius 3 is 2.66 bits per heavy atom. The van der Waals surface area contributed by atoms with Crippen molar-refractivity contribution in [3.8, 4) is 11.4 Å². The van der Waals surface area contributed by atoms with Gasteiger partial charge in [-0.1, -0.05) is 13.3 Å². The summed E-state index contributed by atoms with van der Waals surface area (Å²) in [5.74, 6) is -1.30. The quantitative estimate of drug-likeness (QED) is 0.184. The lowest BCUT2D eigenvalue weighted by Crippen LogP contribution is -2.44. The minimum atomic E-state index is -1.96. The van der Waals surface area contributed by atoms with Crippen molar-refractivity contribution in [3.63, 3.8) is 0 Å². The zero-order valence-electron chi connectivity index (χ0n) is 27.5. The molecule has 11 nitrogen and oxygen atoms in total. The number of aromatic nitrogens is 2. The van der Waals surface area contributed by atoms with Gasteiger partial charge in [0.2, 0.25) is 5.91 Å². The van der Waals surface area contributed by atoms with Crippen LogP contribution in [0.25, 0.3) is 22.3 Å². The number of aliphatic hydroxyl groups is 1.